The fraction of sp³-hybridized carbons (Fsp3) is 0.286. The van der Waals surface area contributed by atoms with E-state index < -0.39 is 5.91 Å². The molecule has 3 rings (SSSR count). The van der Waals surface area contributed by atoms with Crippen molar-refractivity contribution >= 4 is 11.9 Å². The number of nitrogens with one attached hydrogen (secondary N) is 2. The lowest BCUT2D eigenvalue weighted by atomic mass is 9.74. The summed E-state index contributed by atoms with van der Waals surface area (Å²) in [6, 6.07) is 5.87. The van der Waals surface area contributed by atoms with Crippen LogP contribution in [0, 0.1) is 0 Å². The van der Waals surface area contributed by atoms with E-state index in [0.717, 1.165) is 25.0 Å². The summed E-state index contributed by atoms with van der Waals surface area (Å²) in [4.78, 5) is 24.1. The predicted molar refractivity (Wildman–Crippen MR) is 77.1 cm³/mol. The van der Waals surface area contributed by atoms with E-state index in [1.807, 2.05) is 23.6 Å². The van der Waals surface area contributed by atoms with E-state index in [0.29, 0.717) is 11.5 Å². The number of pyridine rings is 1. The van der Waals surface area contributed by atoms with E-state index >= 15 is 0 Å². The van der Waals surface area contributed by atoms with Crippen molar-refractivity contribution in [2.75, 3.05) is 5.32 Å². The number of anilines is 1. The van der Waals surface area contributed by atoms with Crippen LogP contribution in [-0.4, -0.2) is 20.9 Å². The standard InChI is InChI=1S/C14H16N6O/c15-20-12(21)10-8-17-13(18-9-10)19-14(5-3-6-14)11-4-1-2-7-16-11/h1-2,4,7-9H,3,5-6,15H2,(H,20,21)(H,17,18,19). The number of aromatic nitrogens is 3. The van der Waals surface area contributed by atoms with Crippen LogP contribution in [0.25, 0.3) is 0 Å². The zero-order chi connectivity index (χ0) is 14.7. The maximum Gasteiger partial charge on any atom is 0.268 e. The number of hydrogen-bond donors (Lipinski definition) is 3. The van der Waals surface area contributed by atoms with Gasteiger partial charge in [0.25, 0.3) is 5.91 Å². The maximum atomic E-state index is 11.4. The quantitative estimate of drug-likeness (QED) is 0.439. The van der Waals surface area contributed by atoms with Gasteiger partial charge in [-0.2, -0.15) is 0 Å². The zero-order valence-electron chi connectivity index (χ0n) is 11.4. The molecule has 0 bridgehead atoms. The molecular formula is C14H16N6O. The molecule has 1 aliphatic rings. The number of nitrogen functional groups attached to an aromatic ring is 1. The Morgan fingerprint density at radius 3 is 2.48 bits per heavy atom. The molecule has 0 spiro atoms. The fourth-order valence-electron chi connectivity index (χ4n) is 2.43. The van der Waals surface area contributed by atoms with Gasteiger partial charge in [0.15, 0.2) is 0 Å². The van der Waals surface area contributed by atoms with Crippen LogP contribution in [0.5, 0.6) is 0 Å². The number of amides is 1. The highest BCUT2D eigenvalue weighted by molar-refractivity contribution is 5.93. The third-order valence-corrected chi connectivity index (χ3v) is 3.76. The molecule has 2 aromatic heterocycles. The monoisotopic (exact) mass is 284 g/mol. The number of carbonyl (C=O) groups is 1. The van der Waals surface area contributed by atoms with Crippen molar-refractivity contribution in [2.45, 2.75) is 24.8 Å². The van der Waals surface area contributed by atoms with E-state index in [9.17, 15) is 4.79 Å². The molecule has 21 heavy (non-hydrogen) atoms. The number of rotatable bonds is 4. The molecule has 1 aliphatic carbocycles. The van der Waals surface area contributed by atoms with Gasteiger partial charge in [0.1, 0.15) is 0 Å². The summed E-state index contributed by atoms with van der Waals surface area (Å²) in [6.45, 7) is 0. The highest BCUT2D eigenvalue weighted by Gasteiger charge is 2.40. The van der Waals surface area contributed by atoms with Crippen molar-refractivity contribution in [1.29, 1.82) is 0 Å². The maximum absolute atomic E-state index is 11.4. The first-order chi connectivity index (χ1) is 10.2. The highest BCUT2D eigenvalue weighted by Crippen LogP contribution is 2.42. The lowest BCUT2D eigenvalue weighted by molar-refractivity contribution is 0.0953. The molecule has 0 aromatic carbocycles. The Kier molecular flexibility index (Phi) is 3.49. The van der Waals surface area contributed by atoms with E-state index in [1.165, 1.54) is 12.4 Å². The second kappa shape index (κ2) is 5.45. The van der Waals surface area contributed by atoms with Gasteiger partial charge in [0.2, 0.25) is 5.95 Å². The van der Waals surface area contributed by atoms with Crippen LogP contribution in [0.15, 0.2) is 36.8 Å². The van der Waals surface area contributed by atoms with Crippen LogP contribution in [-0.2, 0) is 5.54 Å². The summed E-state index contributed by atoms with van der Waals surface area (Å²) in [5.41, 5.74) is 3.15. The Balaban J connectivity index is 1.80. The molecule has 2 aromatic rings. The summed E-state index contributed by atoms with van der Waals surface area (Å²) in [5.74, 6) is 5.14. The lowest BCUT2D eigenvalue weighted by Gasteiger charge is -2.42. The summed E-state index contributed by atoms with van der Waals surface area (Å²) in [5, 5.41) is 3.34. The van der Waals surface area contributed by atoms with Gasteiger partial charge >= 0.3 is 0 Å². The average Bonchev–Trinajstić information content (AvgIpc) is 2.51. The van der Waals surface area contributed by atoms with Gasteiger partial charge in [-0.15, -0.1) is 0 Å². The topological polar surface area (TPSA) is 106 Å². The van der Waals surface area contributed by atoms with Crippen LogP contribution in [0.4, 0.5) is 5.95 Å². The molecule has 0 atom stereocenters. The van der Waals surface area contributed by atoms with Gasteiger partial charge < -0.3 is 5.32 Å². The largest absolute Gasteiger partial charge is 0.343 e. The minimum Gasteiger partial charge on any atom is -0.343 e. The molecule has 108 valence electrons. The van der Waals surface area contributed by atoms with Crippen molar-refractivity contribution < 1.29 is 4.79 Å². The first kappa shape index (κ1) is 13.4. The number of hydrogen-bond acceptors (Lipinski definition) is 6. The minimum absolute atomic E-state index is 0.209. The summed E-state index contributed by atoms with van der Waals surface area (Å²) in [6.07, 6.45) is 7.78. The second-order valence-corrected chi connectivity index (χ2v) is 5.04. The van der Waals surface area contributed by atoms with E-state index in [4.69, 9.17) is 5.84 Å². The number of carbonyl (C=O) groups excluding carboxylic acids is 1. The van der Waals surface area contributed by atoms with Crippen LogP contribution in [0.3, 0.4) is 0 Å². The SMILES string of the molecule is NNC(=O)c1cnc(NC2(c3ccccn3)CCC2)nc1. The summed E-state index contributed by atoms with van der Waals surface area (Å²) in [7, 11) is 0. The van der Waals surface area contributed by atoms with Crippen LogP contribution in [0.2, 0.25) is 0 Å². The van der Waals surface area contributed by atoms with Crippen molar-refractivity contribution in [2.24, 2.45) is 5.84 Å². The molecule has 1 saturated carbocycles. The van der Waals surface area contributed by atoms with Gasteiger partial charge in [-0.1, -0.05) is 6.07 Å². The van der Waals surface area contributed by atoms with Gasteiger partial charge in [-0.05, 0) is 31.4 Å². The Morgan fingerprint density at radius 2 is 1.95 bits per heavy atom. The first-order valence-electron chi connectivity index (χ1n) is 6.76. The summed E-state index contributed by atoms with van der Waals surface area (Å²) < 4.78 is 0. The third kappa shape index (κ3) is 2.55. The molecule has 7 nitrogen and oxygen atoms in total. The molecule has 4 N–H and O–H groups in total. The van der Waals surface area contributed by atoms with Crippen molar-refractivity contribution in [1.82, 2.24) is 20.4 Å². The smallest absolute Gasteiger partial charge is 0.268 e. The van der Waals surface area contributed by atoms with Crippen LogP contribution >= 0.6 is 0 Å². The second-order valence-electron chi connectivity index (χ2n) is 5.04. The molecule has 0 aliphatic heterocycles. The molecule has 0 unspecified atom stereocenters. The zero-order valence-corrected chi connectivity index (χ0v) is 11.4. The predicted octanol–water partition coefficient (Wildman–Crippen LogP) is 0.966. The van der Waals surface area contributed by atoms with E-state index in [2.05, 4.69) is 20.3 Å². The van der Waals surface area contributed by atoms with Crippen molar-refractivity contribution in [3.63, 3.8) is 0 Å². The minimum atomic E-state index is -0.412. The number of nitrogens with zero attached hydrogens (tertiary/aromatic N) is 3. The normalized spacial score (nSPS) is 15.9. The molecule has 2 heterocycles. The number of nitrogens with two attached hydrogens (primary N) is 1. The molecule has 1 fully saturated rings. The molecule has 1 amide bonds. The van der Waals surface area contributed by atoms with Gasteiger partial charge in [-0.25, -0.2) is 15.8 Å². The molecular weight excluding hydrogens is 268 g/mol. The fourth-order valence-corrected chi connectivity index (χ4v) is 2.43. The van der Waals surface area contributed by atoms with E-state index in [1.54, 1.807) is 6.20 Å². The van der Waals surface area contributed by atoms with E-state index in [-0.39, 0.29) is 5.54 Å². The third-order valence-electron chi connectivity index (χ3n) is 3.76. The average molecular weight is 284 g/mol. The summed E-state index contributed by atoms with van der Waals surface area (Å²) >= 11 is 0. The molecule has 7 heteroatoms. The Morgan fingerprint density at radius 1 is 1.19 bits per heavy atom. The highest BCUT2D eigenvalue weighted by atomic mass is 16.2. The Hall–Kier alpha value is -2.54. The lowest BCUT2D eigenvalue weighted by Crippen LogP contribution is -2.43. The molecule has 0 radical (unpaired) electrons. The number of hydrazine groups is 1. The van der Waals surface area contributed by atoms with Gasteiger partial charge in [0.05, 0.1) is 16.8 Å². The van der Waals surface area contributed by atoms with Crippen molar-refractivity contribution in [3.8, 4) is 0 Å². The molecule has 0 saturated heterocycles. The van der Waals surface area contributed by atoms with Crippen molar-refractivity contribution in [3.05, 3.63) is 48.0 Å². The van der Waals surface area contributed by atoms with Crippen LogP contribution < -0.4 is 16.6 Å². The van der Waals surface area contributed by atoms with Gasteiger partial charge in [-0.3, -0.25) is 15.2 Å². The first-order valence-corrected chi connectivity index (χ1v) is 6.76. The Bertz CT molecular complexity index is 624. The Labute approximate surface area is 122 Å². The van der Waals surface area contributed by atoms with Gasteiger partial charge in [0, 0.05) is 18.6 Å². The van der Waals surface area contributed by atoms with Crippen LogP contribution in [0.1, 0.15) is 35.3 Å².